The molecule has 2 rings (SSSR count). The minimum absolute atomic E-state index is 0.0823. The summed E-state index contributed by atoms with van der Waals surface area (Å²) in [5.41, 5.74) is 0.721. The maximum absolute atomic E-state index is 11.8. The van der Waals surface area contributed by atoms with E-state index in [-0.39, 0.29) is 30.8 Å². The van der Waals surface area contributed by atoms with Crippen LogP contribution in [0.25, 0.3) is 11.0 Å². The number of amides is 1. The van der Waals surface area contributed by atoms with Gasteiger partial charge in [0.1, 0.15) is 5.82 Å². The van der Waals surface area contributed by atoms with Gasteiger partial charge in [-0.15, -0.1) is 0 Å². The van der Waals surface area contributed by atoms with Gasteiger partial charge in [0.15, 0.2) is 10.8 Å². The van der Waals surface area contributed by atoms with Crippen molar-refractivity contribution in [3.63, 3.8) is 0 Å². The van der Waals surface area contributed by atoms with Crippen LogP contribution in [0.15, 0.2) is 11.4 Å². The van der Waals surface area contributed by atoms with Gasteiger partial charge in [-0.2, -0.15) is 5.10 Å². The Morgan fingerprint density at radius 2 is 2.07 bits per heavy atom. The fraction of sp³-hybridized carbons (Fsp3) is 0.588. The van der Waals surface area contributed by atoms with Gasteiger partial charge >= 0.3 is 5.97 Å². The fourth-order valence-corrected chi connectivity index (χ4v) is 2.77. The zero-order valence-electron chi connectivity index (χ0n) is 16.1. The van der Waals surface area contributed by atoms with Gasteiger partial charge in [0.2, 0.25) is 5.91 Å². The Hall–Kier alpha value is -2.36. The third kappa shape index (κ3) is 6.09. The van der Waals surface area contributed by atoms with Crippen molar-refractivity contribution in [1.82, 2.24) is 25.1 Å². The molecule has 0 spiro atoms. The number of esters is 1. The lowest BCUT2D eigenvalue weighted by molar-refractivity contribution is -0.144. The fourth-order valence-electron chi connectivity index (χ4n) is 2.41. The van der Waals surface area contributed by atoms with Crippen molar-refractivity contribution in [2.24, 2.45) is 0 Å². The standard InChI is InChI=1S/C17H26N6O3S/c1-5-26-14(25)7-6-13(24)18-8-9-23-16-12(10-19-23)15(20-11(2)3)21-17(22-16)27-4/h10-11H,5-9H2,1-4H3,(H,18,24)(H,20,21,22). The minimum Gasteiger partial charge on any atom is -0.466 e. The quantitative estimate of drug-likeness (QED) is 0.357. The lowest BCUT2D eigenvalue weighted by atomic mass is 10.3. The number of ether oxygens (including phenoxy) is 1. The van der Waals surface area contributed by atoms with E-state index in [1.54, 1.807) is 17.8 Å². The molecule has 0 aliphatic rings. The van der Waals surface area contributed by atoms with Gasteiger partial charge < -0.3 is 15.4 Å². The largest absolute Gasteiger partial charge is 0.466 e. The van der Waals surface area contributed by atoms with Crippen LogP contribution in [-0.2, 0) is 20.9 Å². The maximum atomic E-state index is 11.8. The Balaban J connectivity index is 1.98. The van der Waals surface area contributed by atoms with Crippen molar-refractivity contribution in [2.45, 2.75) is 51.4 Å². The molecule has 0 atom stereocenters. The van der Waals surface area contributed by atoms with E-state index in [4.69, 9.17) is 4.74 Å². The number of anilines is 1. The van der Waals surface area contributed by atoms with Crippen molar-refractivity contribution < 1.29 is 14.3 Å². The monoisotopic (exact) mass is 394 g/mol. The Bertz CT molecular complexity index is 792. The number of carbonyl (C=O) groups is 2. The molecule has 2 heterocycles. The molecule has 2 aromatic rings. The molecule has 1 amide bonds. The molecular weight excluding hydrogens is 368 g/mol. The zero-order chi connectivity index (χ0) is 19.8. The number of thioether (sulfide) groups is 1. The summed E-state index contributed by atoms with van der Waals surface area (Å²) in [4.78, 5) is 32.2. The van der Waals surface area contributed by atoms with Crippen LogP contribution in [-0.4, -0.2) is 57.1 Å². The number of hydrogen-bond acceptors (Lipinski definition) is 8. The molecule has 0 saturated heterocycles. The highest BCUT2D eigenvalue weighted by Gasteiger charge is 2.14. The summed E-state index contributed by atoms with van der Waals surface area (Å²) in [6.45, 7) is 7.01. The third-order valence-corrected chi connectivity index (χ3v) is 4.14. The molecule has 2 aromatic heterocycles. The van der Waals surface area contributed by atoms with Crippen molar-refractivity contribution >= 4 is 40.5 Å². The third-order valence-electron chi connectivity index (χ3n) is 3.59. The van der Waals surface area contributed by atoms with E-state index in [9.17, 15) is 9.59 Å². The number of nitrogens with zero attached hydrogens (tertiary/aromatic N) is 4. The minimum atomic E-state index is -0.364. The number of nitrogens with one attached hydrogen (secondary N) is 2. The van der Waals surface area contributed by atoms with Crippen molar-refractivity contribution in [3.8, 4) is 0 Å². The summed E-state index contributed by atoms with van der Waals surface area (Å²) >= 11 is 1.46. The van der Waals surface area contributed by atoms with E-state index in [1.807, 2.05) is 20.1 Å². The summed E-state index contributed by atoms with van der Waals surface area (Å²) in [5, 5.41) is 12.0. The second-order valence-corrected chi connectivity index (χ2v) is 6.89. The molecule has 9 nitrogen and oxygen atoms in total. The highest BCUT2D eigenvalue weighted by atomic mass is 32.2. The molecule has 0 saturated carbocycles. The Morgan fingerprint density at radius 1 is 1.30 bits per heavy atom. The van der Waals surface area contributed by atoms with Crippen LogP contribution in [0, 0.1) is 0 Å². The lowest BCUT2D eigenvalue weighted by Gasteiger charge is -2.11. The predicted molar refractivity (Wildman–Crippen MR) is 105 cm³/mol. The highest BCUT2D eigenvalue weighted by molar-refractivity contribution is 7.98. The number of rotatable bonds is 10. The van der Waals surface area contributed by atoms with Crippen LogP contribution in [0.3, 0.4) is 0 Å². The van der Waals surface area contributed by atoms with Crippen LogP contribution >= 0.6 is 11.8 Å². The summed E-state index contributed by atoms with van der Waals surface area (Å²) in [6.07, 6.45) is 3.84. The van der Waals surface area contributed by atoms with E-state index in [0.717, 1.165) is 16.9 Å². The Labute approximate surface area is 162 Å². The van der Waals surface area contributed by atoms with Gasteiger partial charge in [-0.3, -0.25) is 9.59 Å². The van der Waals surface area contributed by atoms with Crippen LogP contribution < -0.4 is 10.6 Å². The molecule has 0 aliphatic carbocycles. The topological polar surface area (TPSA) is 111 Å². The first-order valence-electron chi connectivity index (χ1n) is 8.91. The molecular formula is C17H26N6O3S. The van der Waals surface area contributed by atoms with Gasteiger partial charge in [-0.05, 0) is 27.0 Å². The number of carbonyl (C=O) groups excluding carboxylic acids is 2. The Kier molecular flexibility index (Phi) is 7.83. The average molecular weight is 395 g/mol. The predicted octanol–water partition coefficient (Wildman–Crippen LogP) is 1.83. The molecule has 2 N–H and O–H groups in total. The van der Waals surface area contributed by atoms with E-state index >= 15 is 0 Å². The molecule has 0 aliphatic heterocycles. The van der Waals surface area contributed by atoms with Crippen LogP contribution in [0.5, 0.6) is 0 Å². The molecule has 0 aromatic carbocycles. The summed E-state index contributed by atoms with van der Waals surface area (Å²) in [5.74, 6) is 0.197. The Morgan fingerprint density at radius 3 is 2.74 bits per heavy atom. The van der Waals surface area contributed by atoms with E-state index in [1.165, 1.54) is 11.8 Å². The lowest BCUT2D eigenvalue weighted by Crippen LogP contribution is -2.28. The van der Waals surface area contributed by atoms with Crippen molar-refractivity contribution in [3.05, 3.63) is 6.20 Å². The van der Waals surface area contributed by atoms with Crippen LogP contribution in [0.1, 0.15) is 33.6 Å². The molecule has 148 valence electrons. The first kappa shape index (κ1) is 20.9. The SMILES string of the molecule is CCOC(=O)CCC(=O)NCCn1ncc2c(NC(C)C)nc(SC)nc21. The van der Waals surface area contributed by atoms with Crippen LogP contribution in [0.2, 0.25) is 0 Å². The van der Waals surface area contributed by atoms with Gasteiger partial charge in [-0.25, -0.2) is 14.6 Å². The molecule has 0 bridgehead atoms. The highest BCUT2D eigenvalue weighted by Crippen LogP contribution is 2.23. The van der Waals surface area contributed by atoms with Crippen LogP contribution in [0.4, 0.5) is 5.82 Å². The van der Waals surface area contributed by atoms with Gasteiger partial charge in [-0.1, -0.05) is 11.8 Å². The van der Waals surface area contributed by atoms with E-state index in [0.29, 0.717) is 24.9 Å². The van der Waals surface area contributed by atoms with Crippen molar-refractivity contribution in [2.75, 3.05) is 24.7 Å². The number of fused-ring (bicyclic) bond motifs is 1. The average Bonchev–Trinajstić information content (AvgIpc) is 3.03. The van der Waals surface area contributed by atoms with Gasteiger partial charge in [0.25, 0.3) is 0 Å². The van der Waals surface area contributed by atoms with Crippen molar-refractivity contribution in [1.29, 1.82) is 0 Å². The number of aromatic nitrogens is 4. The molecule has 0 radical (unpaired) electrons. The first-order valence-corrected chi connectivity index (χ1v) is 10.1. The van der Waals surface area contributed by atoms with E-state index in [2.05, 4.69) is 25.7 Å². The molecule has 0 fully saturated rings. The molecule has 27 heavy (non-hydrogen) atoms. The second-order valence-electron chi connectivity index (χ2n) is 6.12. The van der Waals surface area contributed by atoms with E-state index < -0.39 is 0 Å². The molecule has 0 unspecified atom stereocenters. The maximum Gasteiger partial charge on any atom is 0.306 e. The molecule has 10 heteroatoms. The summed E-state index contributed by atoms with van der Waals surface area (Å²) < 4.78 is 6.55. The summed E-state index contributed by atoms with van der Waals surface area (Å²) in [7, 11) is 0. The smallest absolute Gasteiger partial charge is 0.306 e. The normalized spacial score (nSPS) is 11.0. The summed E-state index contributed by atoms with van der Waals surface area (Å²) in [6, 6.07) is 0.236. The number of hydrogen-bond donors (Lipinski definition) is 2. The van der Waals surface area contributed by atoms with Gasteiger partial charge in [0, 0.05) is 19.0 Å². The first-order chi connectivity index (χ1) is 12.9. The zero-order valence-corrected chi connectivity index (χ0v) is 16.9. The second kappa shape index (κ2) is 10.1. The van der Waals surface area contributed by atoms with Gasteiger partial charge in [0.05, 0.1) is 31.2 Å².